The average Bonchev–Trinajstić information content (AvgIpc) is 3.77. The minimum Gasteiger partial charge on any atom is -0.492 e. The summed E-state index contributed by atoms with van der Waals surface area (Å²) in [6.45, 7) is 1.13. The number of nitrogens with zero attached hydrogens (tertiary/aromatic N) is 6. The van der Waals surface area contributed by atoms with Crippen molar-refractivity contribution < 1.29 is 28.5 Å². The summed E-state index contributed by atoms with van der Waals surface area (Å²) in [5.41, 5.74) is 6.49. The van der Waals surface area contributed by atoms with Gasteiger partial charge in [-0.3, -0.25) is 9.69 Å². The first-order chi connectivity index (χ1) is 20.1. The highest BCUT2D eigenvalue weighted by molar-refractivity contribution is 5.95. The second-order valence-electron chi connectivity index (χ2n) is 9.66. The van der Waals surface area contributed by atoms with Crippen molar-refractivity contribution in [3.8, 4) is 34.4 Å². The van der Waals surface area contributed by atoms with Gasteiger partial charge in [0.1, 0.15) is 6.04 Å². The normalized spacial score (nSPS) is 17.1. The second-order valence-corrected chi connectivity index (χ2v) is 9.66. The first-order valence-electron chi connectivity index (χ1n) is 12.9. The number of amides is 1. The van der Waals surface area contributed by atoms with Crippen LogP contribution >= 0.6 is 0 Å². The van der Waals surface area contributed by atoms with E-state index in [-0.39, 0.29) is 25.5 Å². The van der Waals surface area contributed by atoms with Gasteiger partial charge >= 0.3 is 0 Å². The summed E-state index contributed by atoms with van der Waals surface area (Å²) >= 11 is 0. The average molecular weight is 556 g/mol. The van der Waals surface area contributed by atoms with Gasteiger partial charge in [-0.15, -0.1) is 5.10 Å². The lowest BCUT2D eigenvalue weighted by Crippen LogP contribution is -2.35. The van der Waals surface area contributed by atoms with E-state index in [4.69, 9.17) is 23.7 Å². The van der Waals surface area contributed by atoms with Crippen molar-refractivity contribution in [1.29, 1.82) is 0 Å². The number of methoxy groups -OCH3 is 1. The number of nitrogens with one attached hydrogen (secondary N) is 1. The maximum Gasteiger partial charge on any atom is 0.271 e. The molecule has 1 N–H and O–H groups in total. The highest BCUT2D eigenvalue weighted by Crippen LogP contribution is 2.50. The molecule has 3 aromatic carbocycles. The van der Waals surface area contributed by atoms with Crippen molar-refractivity contribution in [2.24, 2.45) is 5.10 Å². The molecule has 13 nitrogen and oxygen atoms in total. The van der Waals surface area contributed by atoms with E-state index in [1.807, 2.05) is 19.2 Å². The molecule has 0 saturated carbocycles. The van der Waals surface area contributed by atoms with Crippen LogP contribution in [-0.4, -0.2) is 71.5 Å². The zero-order valence-electron chi connectivity index (χ0n) is 22.2. The van der Waals surface area contributed by atoms with Gasteiger partial charge < -0.3 is 23.7 Å². The largest absolute Gasteiger partial charge is 0.492 e. The van der Waals surface area contributed by atoms with Gasteiger partial charge in [0.2, 0.25) is 19.3 Å². The van der Waals surface area contributed by atoms with Crippen LogP contribution in [0.4, 0.5) is 0 Å². The summed E-state index contributed by atoms with van der Waals surface area (Å²) in [5, 5.41) is 16.7. The molecule has 0 saturated heterocycles. The van der Waals surface area contributed by atoms with Crippen molar-refractivity contribution in [2.45, 2.75) is 12.5 Å². The van der Waals surface area contributed by atoms with E-state index in [0.717, 1.165) is 29.7 Å². The van der Waals surface area contributed by atoms with Crippen molar-refractivity contribution in [1.82, 2.24) is 30.5 Å². The topological polar surface area (TPSA) is 134 Å². The van der Waals surface area contributed by atoms with Crippen LogP contribution in [0.5, 0.6) is 28.7 Å². The molecule has 3 aliphatic heterocycles. The summed E-state index contributed by atoms with van der Waals surface area (Å²) < 4.78 is 29.5. The smallest absolute Gasteiger partial charge is 0.271 e. The molecule has 0 spiro atoms. The van der Waals surface area contributed by atoms with Crippen molar-refractivity contribution in [3.63, 3.8) is 0 Å². The third kappa shape index (κ3) is 4.36. The van der Waals surface area contributed by atoms with Crippen LogP contribution in [-0.2, 0) is 6.42 Å². The predicted molar refractivity (Wildman–Crippen MR) is 144 cm³/mol. The number of hydrazone groups is 1. The molecule has 1 amide bonds. The summed E-state index contributed by atoms with van der Waals surface area (Å²) in [7, 11) is 3.64. The minimum absolute atomic E-state index is 0.149. The van der Waals surface area contributed by atoms with E-state index >= 15 is 0 Å². The Kier molecular flexibility index (Phi) is 6.12. The van der Waals surface area contributed by atoms with Crippen LogP contribution in [0.1, 0.15) is 38.9 Å². The first-order valence-corrected chi connectivity index (χ1v) is 12.9. The highest BCUT2D eigenvalue weighted by Gasteiger charge is 2.37. The van der Waals surface area contributed by atoms with Crippen LogP contribution in [0.2, 0.25) is 0 Å². The van der Waals surface area contributed by atoms with Crippen LogP contribution < -0.4 is 29.1 Å². The fraction of sp³-hybridized carbons (Fsp3) is 0.250. The quantitative estimate of drug-likeness (QED) is 0.279. The molecule has 4 aromatic rings. The molecule has 0 fully saturated rings. The van der Waals surface area contributed by atoms with Gasteiger partial charge in [0.05, 0.1) is 19.0 Å². The van der Waals surface area contributed by atoms with E-state index in [1.165, 1.54) is 0 Å². The number of benzene rings is 3. The zero-order valence-corrected chi connectivity index (χ0v) is 22.2. The van der Waals surface area contributed by atoms with Gasteiger partial charge in [0.15, 0.2) is 28.8 Å². The molecule has 1 unspecified atom stereocenters. The summed E-state index contributed by atoms with van der Waals surface area (Å²) in [4.78, 5) is 14.9. The Labute approximate surface area is 234 Å². The van der Waals surface area contributed by atoms with Gasteiger partial charge in [0, 0.05) is 17.7 Å². The van der Waals surface area contributed by atoms with Crippen LogP contribution in [0, 0.1) is 0 Å². The van der Waals surface area contributed by atoms with Gasteiger partial charge in [-0.1, -0.05) is 0 Å². The number of likely N-dealkylation sites (N-methyl/N-ethyl adjacent to an activating group) is 1. The number of carbonyl (C=O) groups excluding carboxylic acids is 1. The number of fused-ring (bicyclic) bond motifs is 3. The Morgan fingerprint density at radius 3 is 2.71 bits per heavy atom. The fourth-order valence-electron chi connectivity index (χ4n) is 5.28. The molecule has 7 rings (SSSR count). The minimum atomic E-state index is -0.354. The third-order valence-corrected chi connectivity index (χ3v) is 7.28. The standard InChI is InChI=1S/C28H25N7O6/c1-34-10-9-18-12-22-25(41-15-40-22)26(37-2)23(18)24(34)27-30-32-33-35(27)19-6-4-17(5-7-19)28(36)31-29-13-16-3-8-20-21(11-16)39-14-38-20/h3-8,11-13,24H,9-10,14-15H2,1-2H3,(H,31,36). The number of tetrazole rings is 1. The van der Waals surface area contributed by atoms with E-state index in [9.17, 15) is 4.79 Å². The zero-order chi connectivity index (χ0) is 27.9. The first kappa shape index (κ1) is 24.8. The van der Waals surface area contributed by atoms with Gasteiger partial charge in [0.25, 0.3) is 5.91 Å². The Morgan fingerprint density at radius 2 is 1.85 bits per heavy atom. The molecule has 1 atom stereocenters. The number of hydrogen-bond donors (Lipinski definition) is 1. The lowest BCUT2D eigenvalue weighted by atomic mass is 9.90. The van der Waals surface area contributed by atoms with E-state index in [1.54, 1.807) is 54.4 Å². The Morgan fingerprint density at radius 1 is 1.05 bits per heavy atom. The fourth-order valence-corrected chi connectivity index (χ4v) is 5.28. The van der Waals surface area contributed by atoms with Gasteiger partial charge in [-0.25, -0.2) is 5.43 Å². The Hall–Kier alpha value is -5.17. The van der Waals surface area contributed by atoms with Crippen LogP contribution in [0.15, 0.2) is 53.6 Å². The molecular formula is C28H25N7O6. The van der Waals surface area contributed by atoms with Crippen LogP contribution in [0.3, 0.4) is 0 Å². The molecular weight excluding hydrogens is 530 g/mol. The van der Waals surface area contributed by atoms with E-state index < -0.39 is 0 Å². The molecule has 0 aliphatic carbocycles. The highest BCUT2D eigenvalue weighted by atomic mass is 16.7. The molecule has 0 bridgehead atoms. The lowest BCUT2D eigenvalue weighted by molar-refractivity contribution is 0.0955. The molecule has 13 heteroatoms. The SMILES string of the molecule is COc1c2c(cc3c1C(c1nnnn1-c1ccc(C(=O)NN=Cc4ccc5c(c4)OCO5)cc1)N(C)CC3)OCO2. The molecule has 1 aromatic heterocycles. The molecule has 41 heavy (non-hydrogen) atoms. The summed E-state index contributed by atoms with van der Waals surface area (Å²) in [6, 6.07) is 14.1. The van der Waals surface area contributed by atoms with Crippen LogP contribution in [0.25, 0.3) is 5.69 Å². The molecule has 0 radical (unpaired) electrons. The van der Waals surface area contributed by atoms with Gasteiger partial charge in [-0.05, 0) is 83.6 Å². The van der Waals surface area contributed by atoms with Crippen molar-refractivity contribution in [2.75, 3.05) is 34.3 Å². The van der Waals surface area contributed by atoms with E-state index in [2.05, 4.69) is 31.0 Å². The molecule has 208 valence electrons. The van der Waals surface area contributed by atoms with Crippen molar-refractivity contribution >= 4 is 12.1 Å². The molecule has 3 aliphatic rings. The number of carbonyl (C=O) groups is 1. The monoisotopic (exact) mass is 555 g/mol. The predicted octanol–water partition coefficient (Wildman–Crippen LogP) is 2.47. The maximum atomic E-state index is 12.7. The summed E-state index contributed by atoms with van der Waals surface area (Å²) in [5.74, 6) is 3.46. The lowest BCUT2D eigenvalue weighted by Gasteiger charge is -2.34. The molecule has 4 heterocycles. The maximum absolute atomic E-state index is 12.7. The number of ether oxygens (including phenoxy) is 5. The Balaban J connectivity index is 1.12. The van der Waals surface area contributed by atoms with E-state index in [0.29, 0.717) is 45.8 Å². The third-order valence-electron chi connectivity index (χ3n) is 7.28. The number of hydrogen-bond acceptors (Lipinski definition) is 11. The van der Waals surface area contributed by atoms with Crippen molar-refractivity contribution in [3.05, 3.63) is 76.6 Å². The Bertz CT molecular complexity index is 1670. The second kappa shape index (κ2) is 10.1. The number of rotatable bonds is 6. The summed E-state index contributed by atoms with van der Waals surface area (Å²) in [6.07, 6.45) is 2.36. The number of aromatic nitrogens is 4. The van der Waals surface area contributed by atoms with Gasteiger partial charge in [-0.2, -0.15) is 9.78 Å².